The molecule has 0 aliphatic heterocycles. The van der Waals surface area contributed by atoms with E-state index in [4.69, 9.17) is 14.6 Å². The molecule has 2 aromatic carbocycles. The number of nitroso groups, excluding NO2 is 1. The van der Waals surface area contributed by atoms with E-state index >= 15 is 0 Å². The Morgan fingerprint density at radius 2 is 1.68 bits per heavy atom. The second-order valence-corrected chi connectivity index (χ2v) is 5.92. The van der Waals surface area contributed by atoms with Crippen molar-refractivity contribution in [3.05, 3.63) is 58.6 Å². The molecule has 1 aliphatic rings. The molecule has 1 aromatic heterocycles. The summed E-state index contributed by atoms with van der Waals surface area (Å²) in [7, 11) is 3.28. The van der Waals surface area contributed by atoms with Gasteiger partial charge in [0.05, 0.1) is 25.6 Å². The second-order valence-electron chi connectivity index (χ2n) is 5.92. The van der Waals surface area contributed by atoms with Crippen LogP contribution in [0.25, 0.3) is 16.9 Å². The highest BCUT2D eigenvalue weighted by Gasteiger charge is 2.22. The average Bonchev–Trinajstić information content (AvgIpc) is 3.11. The van der Waals surface area contributed by atoms with E-state index in [1.807, 2.05) is 35.1 Å². The van der Waals surface area contributed by atoms with Crippen LogP contribution in [0.2, 0.25) is 0 Å². The first-order valence-electron chi connectivity index (χ1n) is 8.01. The molecule has 1 heterocycles. The molecule has 3 aromatic rings. The first-order chi connectivity index (χ1) is 12.2. The summed E-state index contributed by atoms with van der Waals surface area (Å²) in [6.07, 6.45) is 3.90. The quantitative estimate of drug-likeness (QED) is 0.675. The molecular weight excluding hydrogens is 318 g/mol. The molecule has 0 spiro atoms. The molecule has 4 rings (SSSR count). The van der Waals surface area contributed by atoms with Crippen molar-refractivity contribution in [3.8, 4) is 28.4 Å². The van der Waals surface area contributed by atoms with Crippen LogP contribution in [0.3, 0.4) is 0 Å². The van der Waals surface area contributed by atoms with Crippen LogP contribution in [0.1, 0.15) is 11.1 Å². The highest BCUT2D eigenvalue weighted by atomic mass is 16.5. The third kappa shape index (κ3) is 2.55. The standard InChI is InChI=1S/C19H17N3O3/c1-24-17-9-12-3-4-13-11-22(15-7-5-14(21-23)6-8-15)20-19(13)16(12)10-18(17)25-2/h5-11H,3-4H2,1-2H3. The minimum absolute atomic E-state index is 0.405. The minimum Gasteiger partial charge on any atom is -0.493 e. The van der Waals surface area contributed by atoms with E-state index in [0.29, 0.717) is 11.4 Å². The van der Waals surface area contributed by atoms with Gasteiger partial charge in [0.15, 0.2) is 11.5 Å². The van der Waals surface area contributed by atoms with Gasteiger partial charge in [-0.2, -0.15) is 5.10 Å². The number of benzene rings is 2. The number of ether oxygens (including phenoxy) is 2. The Morgan fingerprint density at radius 1 is 1.00 bits per heavy atom. The Labute approximate surface area is 145 Å². The molecule has 25 heavy (non-hydrogen) atoms. The molecule has 0 fully saturated rings. The van der Waals surface area contributed by atoms with Gasteiger partial charge in [-0.3, -0.25) is 0 Å². The van der Waals surface area contributed by atoms with Gasteiger partial charge in [0.1, 0.15) is 5.69 Å². The van der Waals surface area contributed by atoms with Crippen molar-refractivity contribution in [2.24, 2.45) is 5.18 Å². The normalized spacial score (nSPS) is 12.2. The summed E-state index contributed by atoms with van der Waals surface area (Å²) in [4.78, 5) is 10.6. The van der Waals surface area contributed by atoms with Crippen LogP contribution in [0.5, 0.6) is 11.5 Å². The van der Waals surface area contributed by atoms with E-state index < -0.39 is 0 Å². The molecule has 0 saturated heterocycles. The van der Waals surface area contributed by atoms with Crippen LogP contribution in [-0.2, 0) is 12.8 Å². The summed E-state index contributed by atoms with van der Waals surface area (Å²) in [5.74, 6) is 1.44. The molecule has 0 unspecified atom stereocenters. The first kappa shape index (κ1) is 15.4. The highest BCUT2D eigenvalue weighted by molar-refractivity contribution is 5.73. The van der Waals surface area contributed by atoms with Gasteiger partial charge in [-0.25, -0.2) is 4.68 Å². The van der Waals surface area contributed by atoms with Crippen molar-refractivity contribution in [2.45, 2.75) is 12.8 Å². The average molecular weight is 335 g/mol. The van der Waals surface area contributed by atoms with Gasteiger partial charge in [0.2, 0.25) is 0 Å². The van der Waals surface area contributed by atoms with E-state index in [1.165, 1.54) is 11.1 Å². The van der Waals surface area contributed by atoms with Crippen LogP contribution in [0, 0.1) is 4.91 Å². The number of hydrogen-bond donors (Lipinski definition) is 0. The zero-order chi connectivity index (χ0) is 17.4. The van der Waals surface area contributed by atoms with Crippen LogP contribution >= 0.6 is 0 Å². The predicted octanol–water partition coefficient (Wildman–Crippen LogP) is 4.05. The van der Waals surface area contributed by atoms with Crippen LogP contribution in [0.15, 0.2) is 47.8 Å². The largest absolute Gasteiger partial charge is 0.493 e. The van der Waals surface area contributed by atoms with Gasteiger partial charge in [0.25, 0.3) is 0 Å². The summed E-state index contributed by atoms with van der Waals surface area (Å²) in [5, 5.41) is 7.69. The number of fused-ring (bicyclic) bond motifs is 3. The van der Waals surface area contributed by atoms with E-state index in [2.05, 4.69) is 5.18 Å². The maximum Gasteiger partial charge on any atom is 0.161 e. The fourth-order valence-corrected chi connectivity index (χ4v) is 3.24. The Balaban J connectivity index is 1.80. The van der Waals surface area contributed by atoms with Gasteiger partial charge in [-0.05, 0) is 65.5 Å². The molecule has 1 aliphatic carbocycles. The molecule has 0 bridgehead atoms. The van der Waals surface area contributed by atoms with E-state index in [9.17, 15) is 4.91 Å². The fourth-order valence-electron chi connectivity index (χ4n) is 3.24. The van der Waals surface area contributed by atoms with Crippen molar-refractivity contribution < 1.29 is 9.47 Å². The smallest absolute Gasteiger partial charge is 0.161 e. The summed E-state index contributed by atoms with van der Waals surface area (Å²) < 4.78 is 12.7. The van der Waals surface area contributed by atoms with Gasteiger partial charge in [-0.15, -0.1) is 4.91 Å². The van der Waals surface area contributed by atoms with Crippen molar-refractivity contribution in [1.82, 2.24) is 9.78 Å². The fraction of sp³-hybridized carbons (Fsp3) is 0.211. The van der Waals surface area contributed by atoms with Crippen molar-refractivity contribution >= 4 is 5.69 Å². The maximum absolute atomic E-state index is 10.6. The number of methoxy groups -OCH3 is 2. The summed E-state index contributed by atoms with van der Waals surface area (Å²) >= 11 is 0. The van der Waals surface area contributed by atoms with Gasteiger partial charge in [-0.1, -0.05) is 0 Å². The lowest BCUT2D eigenvalue weighted by molar-refractivity contribution is 0.354. The highest BCUT2D eigenvalue weighted by Crippen LogP contribution is 2.40. The maximum atomic E-state index is 10.6. The Morgan fingerprint density at radius 3 is 2.36 bits per heavy atom. The Kier molecular flexibility index (Phi) is 3.72. The molecular formula is C19H17N3O3. The third-order valence-corrected chi connectivity index (χ3v) is 4.54. The Hall–Kier alpha value is -3.15. The van der Waals surface area contributed by atoms with Crippen molar-refractivity contribution in [1.29, 1.82) is 0 Å². The number of hydrogen-bond acceptors (Lipinski definition) is 5. The molecule has 6 heteroatoms. The van der Waals surface area contributed by atoms with Crippen LogP contribution in [-0.4, -0.2) is 24.0 Å². The summed E-state index contributed by atoms with van der Waals surface area (Å²) in [6, 6.07) is 11.1. The SMILES string of the molecule is COc1cc2c(cc1OC)-c1nn(-c3ccc(N=O)cc3)cc1CC2. The van der Waals surface area contributed by atoms with Crippen molar-refractivity contribution in [3.63, 3.8) is 0 Å². The molecule has 126 valence electrons. The van der Waals surface area contributed by atoms with Crippen LogP contribution in [0.4, 0.5) is 5.69 Å². The van der Waals surface area contributed by atoms with E-state index in [-0.39, 0.29) is 0 Å². The lowest BCUT2D eigenvalue weighted by atomic mass is 9.90. The molecule has 0 atom stereocenters. The third-order valence-electron chi connectivity index (χ3n) is 4.54. The Bertz CT molecular complexity index is 945. The summed E-state index contributed by atoms with van der Waals surface area (Å²) in [6.45, 7) is 0. The van der Waals surface area contributed by atoms with E-state index in [0.717, 1.165) is 35.5 Å². The van der Waals surface area contributed by atoms with Crippen molar-refractivity contribution in [2.75, 3.05) is 14.2 Å². The first-order valence-corrected chi connectivity index (χ1v) is 8.01. The van der Waals surface area contributed by atoms with Gasteiger partial charge < -0.3 is 9.47 Å². The molecule has 0 saturated carbocycles. The minimum atomic E-state index is 0.405. The topological polar surface area (TPSA) is 65.7 Å². The predicted molar refractivity (Wildman–Crippen MR) is 95.0 cm³/mol. The van der Waals surface area contributed by atoms with E-state index in [1.54, 1.807) is 26.4 Å². The molecule has 0 amide bonds. The van der Waals surface area contributed by atoms with Gasteiger partial charge >= 0.3 is 0 Å². The lowest BCUT2D eigenvalue weighted by Gasteiger charge is -2.18. The molecule has 0 N–H and O–H groups in total. The number of aryl methyl sites for hydroxylation is 2. The number of nitrogens with zero attached hydrogens (tertiary/aromatic N) is 3. The number of rotatable bonds is 4. The monoisotopic (exact) mass is 335 g/mol. The zero-order valence-corrected chi connectivity index (χ0v) is 14.0. The molecule has 0 radical (unpaired) electrons. The zero-order valence-electron chi connectivity index (χ0n) is 14.0. The number of aromatic nitrogens is 2. The van der Waals surface area contributed by atoms with Gasteiger partial charge in [0, 0.05) is 11.8 Å². The lowest BCUT2D eigenvalue weighted by Crippen LogP contribution is -2.04. The summed E-state index contributed by atoms with van der Waals surface area (Å²) in [5.41, 5.74) is 5.73. The molecule has 6 nitrogen and oxygen atoms in total. The van der Waals surface area contributed by atoms with Crippen LogP contribution < -0.4 is 9.47 Å². The second kappa shape index (κ2) is 6.05.